The summed E-state index contributed by atoms with van der Waals surface area (Å²) in [5.41, 5.74) is 1.63. The number of anilines is 1. The maximum atomic E-state index is 12.6. The summed E-state index contributed by atoms with van der Waals surface area (Å²) in [5, 5.41) is 9.53. The Balaban J connectivity index is 0.00000140. The zero-order chi connectivity index (χ0) is 17.9. The van der Waals surface area contributed by atoms with Gasteiger partial charge in [-0.3, -0.25) is 14.6 Å². The highest BCUT2D eigenvalue weighted by Gasteiger charge is 2.34. The molecule has 2 aromatic rings. The van der Waals surface area contributed by atoms with Gasteiger partial charge in [0.05, 0.1) is 5.56 Å². The van der Waals surface area contributed by atoms with Gasteiger partial charge in [0.15, 0.2) is 0 Å². The third kappa shape index (κ3) is 5.22. The molecule has 2 amide bonds. The molecular formula is C20H24Cl2N4O2. The Morgan fingerprint density at radius 3 is 2.36 bits per heavy atom. The molecule has 2 atom stereocenters. The van der Waals surface area contributed by atoms with Crippen LogP contribution in [0.3, 0.4) is 0 Å². The summed E-state index contributed by atoms with van der Waals surface area (Å²) < 4.78 is 0. The van der Waals surface area contributed by atoms with Crippen molar-refractivity contribution in [3.05, 3.63) is 59.9 Å². The van der Waals surface area contributed by atoms with Crippen LogP contribution in [0.2, 0.25) is 0 Å². The van der Waals surface area contributed by atoms with E-state index in [0.29, 0.717) is 28.9 Å². The molecule has 28 heavy (non-hydrogen) atoms. The normalized spacial score (nSPS) is 22.4. The second-order valence-electron chi connectivity index (χ2n) is 7.06. The first kappa shape index (κ1) is 22.1. The summed E-state index contributed by atoms with van der Waals surface area (Å²) in [7, 11) is 0. The lowest BCUT2D eigenvalue weighted by atomic mass is 9.99. The second kappa shape index (κ2) is 9.87. The molecule has 2 bridgehead atoms. The number of carbonyl (C=O) groups is 2. The fraction of sp³-hybridized carbons (Fsp3) is 0.350. The molecule has 2 unspecified atom stereocenters. The quantitative estimate of drug-likeness (QED) is 0.706. The Bertz CT molecular complexity index is 807. The minimum atomic E-state index is -0.245. The minimum Gasteiger partial charge on any atom is -0.349 e. The number of aromatic nitrogens is 1. The van der Waals surface area contributed by atoms with Gasteiger partial charge < -0.3 is 16.0 Å². The van der Waals surface area contributed by atoms with Gasteiger partial charge in [-0.1, -0.05) is 6.07 Å². The lowest BCUT2D eigenvalue weighted by molar-refractivity contribution is 0.0923. The molecule has 4 rings (SSSR count). The number of pyridine rings is 1. The van der Waals surface area contributed by atoms with Crippen molar-refractivity contribution in [3.8, 4) is 0 Å². The van der Waals surface area contributed by atoms with E-state index in [4.69, 9.17) is 0 Å². The fourth-order valence-electron chi connectivity index (χ4n) is 3.88. The first-order valence-electron chi connectivity index (χ1n) is 9.06. The number of hydrogen-bond donors (Lipinski definition) is 3. The van der Waals surface area contributed by atoms with E-state index in [0.717, 1.165) is 12.8 Å². The highest BCUT2D eigenvalue weighted by molar-refractivity contribution is 6.04. The van der Waals surface area contributed by atoms with Crippen LogP contribution in [0.25, 0.3) is 0 Å². The highest BCUT2D eigenvalue weighted by Crippen LogP contribution is 2.27. The lowest BCUT2D eigenvalue weighted by Crippen LogP contribution is -2.48. The third-order valence-electron chi connectivity index (χ3n) is 5.11. The molecule has 2 aliphatic rings. The molecule has 1 aromatic heterocycles. The summed E-state index contributed by atoms with van der Waals surface area (Å²) in [4.78, 5) is 28.8. The van der Waals surface area contributed by atoms with Gasteiger partial charge in [0.2, 0.25) is 0 Å². The predicted molar refractivity (Wildman–Crippen MR) is 114 cm³/mol. The number of benzene rings is 1. The fourth-order valence-corrected chi connectivity index (χ4v) is 3.88. The molecule has 0 aliphatic carbocycles. The summed E-state index contributed by atoms with van der Waals surface area (Å²) in [6.07, 6.45) is 7.51. The van der Waals surface area contributed by atoms with Crippen molar-refractivity contribution in [1.82, 2.24) is 15.6 Å². The summed E-state index contributed by atoms with van der Waals surface area (Å²) in [6, 6.07) is 11.7. The van der Waals surface area contributed by atoms with E-state index in [2.05, 4.69) is 20.9 Å². The first-order valence-corrected chi connectivity index (χ1v) is 9.06. The maximum Gasteiger partial charge on any atom is 0.257 e. The van der Waals surface area contributed by atoms with Gasteiger partial charge in [-0.25, -0.2) is 0 Å². The molecule has 3 heterocycles. The van der Waals surface area contributed by atoms with Gasteiger partial charge in [0.25, 0.3) is 11.8 Å². The zero-order valence-corrected chi connectivity index (χ0v) is 16.9. The molecule has 3 N–H and O–H groups in total. The van der Waals surface area contributed by atoms with Crippen molar-refractivity contribution in [2.24, 2.45) is 0 Å². The molecule has 0 saturated carbocycles. The van der Waals surface area contributed by atoms with Crippen molar-refractivity contribution in [2.45, 2.75) is 43.8 Å². The second-order valence-corrected chi connectivity index (χ2v) is 7.06. The standard InChI is InChI=1S/C20H22N4O2.2ClH/c25-19(24-18-10-16-6-7-17(11-18)22-16)13-3-1-5-15(9-13)23-20(26)14-4-2-8-21-12-14;;/h1-5,8-9,12,16-18,22H,6-7,10-11H2,(H,23,26)(H,24,25);2*1H. The van der Waals surface area contributed by atoms with Gasteiger partial charge in [0.1, 0.15) is 0 Å². The van der Waals surface area contributed by atoms with Crippen LogP contribution in [0.4, 0.5) is 5.69 Å². The average molecular weight is 423 g/mol. The summed E-state index contributed by atoms with van der Waals surface area (Å²) in [6.45, 7) is 0. The monoisotopic (exact) mass is 422 g/mol. The largest absolute Gasteiger partial charge is 0.349 e. The number of hydrogen-bond acceptors (Lipinski definition) is 4. The minimum absolute atomic E-state index is 0. The molecule has 1 aromatic carbocycles. The Hall–Kier alpha value is -2.15. The van der Waals surface area contributed by atoms with Gasteiger partial charge in [-0.2, -0.15) is 0 Å². The van der Waals surface area contributed by atoms with E-state index < -0.39 is 0 Å². The molecular weight excluding hydrogens is 399 g/mol. The first-order chi connectivity index (χ1) is 12.7. The number of amides is 2. The van der Waals surface area contributed by atoms with E-state index in [9.17, 15) is 9.59 Å². The average Bonchev–Trinajstić information content (AvgIpc) is 3.01. The number of halogens is 2. The number of rotatable bonds is 4. The van der Waals surface area contributed by atoms with Crippen LogP contribution in [-0.2, 0) is 0 Å². The number of nitrogens with zero attached hydrogens (tertiary/aromatic N) is 1. The van der Waals surface area contributed by atoms with E-state index in [1.165, 1.54) is 19.0 Å². The Morgan fingerprint density at radius 2 is 1.68 bits per heavy atom. The van der Waals surface area contributed by atoms with Crippen LogP contribution in [0.1, 0.15) is 46.4 Å². The van der Waals surface area contributed by atoms with Crippen LogP contribution in [0.5, 0.6) is 0 Å². The SMILES string of the molecule is Cl.Cl.O=C(Nc1cccc(C(=O)NC2CC3CCC(C2)N3)c1)c1cccnc1. The molecule has 0 spiro atoms. The third-order valence-corrected chi connectivity index (χ3v) is 5.11. The molecule has 8 heteroatoms. The van der Waals surface area contributed by atoms with Crippen molar-refractivity contribution in [1.29, 1.82) is 0 Å². The van der Waals surface area contributed by atoms with Crippen molar-refractivity contribution < 1.29 is 9.59 Å². The van der Waals surface area contributed by atoms with Crippen LogP contribution in [0, 0.1) is 0 Å². The van der Waals surface area contributed by atoms with Crippen LogP contribution >= 0.6 is 24.8 Å². The molecule has 0 radical (unpaired) electrons. The van der Waals surface area contributed by atoms with Crippen LogP contribution in [-0.4, -0.2) is 34.9 Å². The van der Waals surface area contributed by atoms with E-state index >= 15 is 0 Å². The van der Waals surface area contributed by atoms with Crippen LogP contribution in [0.15, 0.2) is 48.8 Å². The van der Waals surface area contributed by atoms with Gasteiger partial charge in [0, 0.05) is 41.8 Å². The Morgan fingerprint density at radius 1 is 0.964 bits per heavy atom. The van der Waals surface area contributed by atoms with Gasteiger partial charge in [-0.15, -0.1) is 24.8 Å². The number of piperidine rings is 1. The maximum absolute atomic E-state index is 12.6. The Labute approximate surface area is 176 Å². The molecule has 2 fully saturated rings. The molecule has 6 nitrogen and oxygen atoms in total. The molecule has 150 valence electrons. The van der Waals surface area contributed by atoms with E-state index in [1.54, 1.807) is 42.6 Å². The zero-order valence-electron chi connectivity index (χ0n) is 15.3. The van der Waals surface area contributed by atoms with Crippen molar-refractivity contribution in [3.63, 3.8) is 0 Å². The van der Waals surface area contributed by atoms with Crippen molar-refractivity contribution >= 4 is 42.3 Å². The van der Waals surface area contributed by atoms with E-state index in [-0.39, 0.29) is 42.7 Å². The smallest absolute Gasteiger partial charge is 0.257 e. The molecule has 2 aliphatic heterocycles. The Kier molecular flexibility index (Phi) is 7.80. The molecule has 2 saturated heterocycles. The predicted octanol–water partition coefficient (Wildman–Crippen LogP) is 3.19. The number of fused-ring (bicyclic) bond motifs is 2. The number of nitrogens with one attached hydrogen (secondary N) is 3. The van der Waals surface area contributed by atoms with Crippen molar-refractivity contribution in [2.75, 3.05) is 5.32 Å². The number of carbonyl (C=O) groups excluding carboxylic acids is 2. The van der Waals surface area contributed by atoms with Gasteiger partial charge in [-0.05, 0) is 56.0 Å². The van der Waals surface area contributed by atoms with E-state index in [1.807, 2.05) is 0 Å². The summed E-state index contributed by atoms with van der Waals surface area (Å²) >= 11 is 0. The topological polar surface area (TPSA) is 83.1 Å². The lowest BCUT2D eigenvalue weighted by Gasteiger charge is -2.29. The summed E-state index contributed by atoms with van der Waals surface area (Å²) in [5.74, 6) is -0.334. The van der Waals surface area contributed by atoms with Gasteiger partial charge >= 0.3 is 0 Å². The highest BCUT2D eigenvalue weighted by atomic mass is 35.5. The van der Waals surface area contributed by atoms with Crippen LogP contribution < -0.4 is 16.0 Å².